The molecule has 19 heavy (non-hydrogen) atoms. The van der Waals surface area contributed by atoms with Crippen molar-refractivity contribution in [2.24, 2.45) is 0 Å². The van der Waals surface area contributed by atoms with Gasteiger partial charge in [-0.2, -0.15) is 0 Å². The molecule has 1 rings (SSSR count). The smallest absolute Gasteiger partial charge is 0.101 e. The third-order valence-corrected chi connectivity index (χ3v) is 4.53. The molecule has 0 aliphatic heterocycles. The third kappa shape index (κ3) is 5.23. The molecule has 0 saturated heterocycles. The molecule has 0 saturated carbocycles. The molecule has 108 valence electrons. The first-order valence-electron chi connectivity index (χ1n) is 6.31. The Bertz CT molecular complexity index is 387. The second kappa shape index (κ2) is 8.46. The summed E-state index contributed by atoms with van der Waals surface area (Å²) in [5, 5.41) is 3.52. The van der Waals surface area contributed by atoms with Gasteiger partial charge in [0, 0.05) is 22.0 Å². The Balaban J connectivity index is 2.75. The van der Waals surface area contributed by atoms with E-state index >= 15 is 0 Å². The van der Waals surface area contributed by atoms with Crippen molar-refractivity contribution in [3.05, 3.63) is 33.4 Å². The Hall–Kier alpha value is 0.180. The predicted molar refractivity (Wildman–Crippen MR) is 90.7 cm³/mol. The van der Waals surface area contributed by atoms with Gasteiger partial charge < -0.3 is 14.6 Å². The number of hydrogen-bond acceptors (Lipinski definition) is 4. The first kappa shape index (κ1) is 17.2. The van der Waals surface area contributed by atoms with Gasteiger partial charge in [-0.3, -0.25) is 0 Å². The maximum Gasteiger partial charge on any atom is 0.101 e. The van der Waals surface area contributed by atoms with Gasteiger partial charge in [0.25, 0.3) is 0 Å². The second-order valence-electron chi connectivity index (χ2n) is 4.97. The fourth-order valence-electron chi connectivity index (χ4n) is 2.14. The third-order valence-electron chi connectivity index (χ3n) is 3.07. The number of methoxy groups -OCH3 is 1. The lowest BCUT2D eigenvalue weighted by Crippen LogP contribution is -2.46. The standard InChI is InChI=1S/C14H22INO2S/c1-14(2,16-9-6-10-19-17)13(18-3)11-7-4-5-8-12(11)15/h4-5,7-8,13,16-17H,6,9-10H2,1-3H3. The highest BCUT2D eigenvalue weighted by Crippen LogP contribution is 2.31. The van der Waals surface area contributed by atoms with Crippen LogP contribution in [0.1, 0.15) is 31.9 Å². The molecule has 0 aromatic heterocycles. The van der Waals surface area contributed by atoms with Crippen LogP contribution in [0.2, 0.25) is 0 Å². The molecule has 0 amide bonds. The summed E-state index contributed by atoms with van der Waals surface area (Å²) >= 11 is 3.24. The predicted octanol–water partition coefficient (Wildman–Crippen LogP) is 3.94. The number of nitrogens with one attached hydrogen (secondary N) is 1. The van der Waals surface area contributed by atoms with Crippen molar-refractivity contribution in [3.8, 4) is 0 Å². The number of halogens is 1. The van der Waals surface area contributed by atoms with Crippen LogP contribution in [-0.4, -0.2) is 29.5 Å². The van der Waals surface area contributed by atoms with E-state index in [1.807, 2.05) is 12.1 Å². The summed E-state index contributed by atoms with van der Waals surface area (Å²) in [7, 11) is 1.75. The van der Waals surface area contributed by atoms with E-state index in [1.165, 1.54) is 9.13 Å². The fraction of sp³-hybridized carbons (Fsp3) is 0.571. The van der Waals surface area contributed by atoms with Crippen molar-refractivity contribution in [2.75, 3.05) is 19.4 Å². The van der Waals surface area contributed by atoms with Gasteiger partial charge in [-0.15, -0.1) is 0 Å². The van der Waals surface area contributed by atoms with Crippen molar-refractivity contribution in [1.82, 2.24) is 5.32 Å². The fourth-order valence-corrected chi connectivity index (χ4v) is 3.08. The number of hydrogen-bond donors (Lipinski definition) is 2. The molecule has 0 spiro atoms. The molecule has 5 heteroatoms. The van der Waals surface area contributed by atoms with E-state index in [-0.39, 0.29) is 11.6 Å². The van der Waals surface area contributed by atoms with Crippen molar-refractivity contribution in [2.45, 2.75) is 31.9 Å². The zero-order chi connectivity index (χ0) is 14.3. The number of rotatable bonds is 8. The summed E-state index contributed by atoms with van der Waals surface area (Å²) < 4.78 is 15.7. The molecule has 0 heterocycles. The van der Waals surface area contributed by atoms with E-state index in [9.17, 15) is 0 Å². The minimum atomic E-state index is -0.157. The molecular weight excluding hydrogens is 373 g/mol. The van der Waals surface area contributed by atoms with Crippen molar-refractivity contribution < 1.29 is 9.29 Å². The Morgan fingerprint density at radius 1 is 1.42 bits per heavy atom. The minimum Gasteiger partial charge on any atom is -0.375 e. The Labute approximate surface area is 133 Å². The summed E-state index contributed by atoms with van der Waals surface area (Å²) in [4.78, 5) is 0. The Morgan fingerprint density at radius 3 is 2.68 bits per heavy atom. The maximum absolute atomic E-state index is 8.73. The highest BCUT2D eigenvalue weighted by molar-refractivity contribution is 14.1. The van der Waals surface area contributed by atoms with E-state index in [0.29, 0.717) is 0 Å². The van der Waals surface area contributed by atoms with Crippen molar-refractivity contribution in [3.63, 3.8) is 0 Å². The second-order valence-corrected chi connectivity index (χ2v) is 6.80. The summed E-state index contributed by atoms with van der Waals surface area (Å²) in [5.74, 6) is 0.754. The molecule has 2 N–H and O–H groups in total. The molecule has 1 aromatic rings. The summed E-state index contributed by atoms with van der Waals surface area (Å²) in [5.41, 5.74) is 1.05. The summed E-state index contributed by atoms with van der Waals surface area (Å²) in [6, 6.07) is 8.29. The van der Waals surface area contributed by atoms with Gasteiger partial charge >= 0.3 is 0 Å². The average Bonchev–Trinajstić information content (AvgIpc) is 2.37. The lowest BCUT2D eigenvalue weighted by Gasteiger charge is -2.35. The van der Waals surface area contributed by atoms with Gasteiger partial charge in [0.1, 0.15) is 6.10 Å². The molecule has 1 atom stereocenters. The molecule has 0 fully saturated rings. The van der Waals surface area contributed by atoms with E-state index < -0.39 is 0 Å². The van der Waals surface area contributed by atoms with E-state index in [2.05, 4.69) is 53.9 Å². The number of benzene rings is 1. The van der Waals surface area contributed by atoms with Gasteiger partial charge in [0.15, 0.2) is 0 Å². The number of ether oxygens (including phenoxy) is 1. The van der Waals surface area contributed by atoms with Crippen LogP contribution in [0.15, 0.2) is 24.3 Å². The normalized spacial score (nSPS) is 13.5. The Morgan fingerprint density at radius 2 is 2.11 bits per heavy atom. The zero-order valence-electron chi connectivity index (χ0n) is 11.6. The van der Waals surface area contributed by atoms with Crippen molar-refractivity contribution >= 4 is 34.6 Å². The topological polar surface area (TPSA) is 41.5 Å². The lowest BCUT2D eigenvalue weighted by atomic mass is 9.91. The molecule has 0 aliphatic carbocycles. The van der Waals surface area contributed by atoms with Crippen molar-refractivity contribution in [1.29, 1.82) is 0 Å². The van der Waals surface area contributed by atoms with Gasteiger partial charge in [-0.1, -0.05) is 18.2 Å². The molecule has 0 aliphatic rings. The van der Waals surface area contributed by atoms with Gasteiger partial charge in [-0.25, -0.2) is 0 Å². The molecular formula is C14H22INO2S. The lowest BCUT2D eigenvalue weighted by molar-refractivity contribution is 0.0308. The average molecular weight is 395 g/mol. The molecule has 1 unspecified atom stereocenters. The van der Waals surface area contributed by atoms with Crippen LogP contribution in [0.5, 0.6) is 0 Å². The van der Waals surface area contributed by atoms with E-state index in [0.717, 1.165) is 30.8 Å². The zero-order valence-corrected chi connectivity index (χ0v) is 14.6. The van der Waals surface area contributed by atoms with Gasteiger partial charge in [-0.05, 0) is 73.1 Å². The monoisotopic (exact) mass is 395 g/mol. The highest BCUT2D eigenvalue weighted by Gasteiger charge is 2.31. The van der Waals surface area contributed by atoms with Gasteiger partial charge in [0.2, 0.25) is 0 Å². The first-order valence-corrected chi connectivity index (χ1v) is 8.33. The maximum atomic E-state index is 8.73. The van der Waals surface area contributed by atoms with E-state index in [1.54, 1.807) is 7.11 Å². The Kier molecular flexibility index (Phi) is 7.68. The van der Waals surface area contributed by atoms with Crippen LogP contribution in [0.3, 0.4) is 0 Å². The molecule has 0 bridgehead atoms. The molecule has 1 aromatic carbocycles. The molecule has 0 radical (unpaired) electrons. The SMILES string of the molecule is COC(c1ccccc1I)C(C)(C)NCCCSO. The summed E-state index contributed by atoms with van der Waals surface area (Å²) in [6.07, 6.45) is 0.940. The van der Waals surface area contributed by atoms with Crippen LogP contribution in [0.4, 0.5) is 0 Å². The quantitative estimate of drug-likeness (QED) is 0.398. The van der Waals surface area contributed by atoms with Gasteiger partial charge in [0.05, 0.1) is 0 Å². The largest absolute Gasteiger partial charge is 0.375 e. The first-order chi connectivity index (χ1) is 9.03. The van der Waals surface area contributed by atoms with Crippen LogP contribution in [0, 0.1) is 3.57 Å². The van der Waals surface area contributed by atoms with Crippen LogP contribution >= 0.6 is 34.6 Å². The summed E-state index contributed by atoms with van der Waals surface area (Å²) in [6.45, 7) is 5.16. The van der Waals surface area contributed by atoms with Crippen LogP contribution < -0.4 is 5.32 Å². The van der Waals surface area contributed by atoms with E-state index in [4.69, 9.17) is 9.29 Å². The minimum absolute atomic E-state index is 0.00220. The molecule has 3 nitrogen and oxygen atoms in total. The van der Waals surface area contributed by atoms with Crippen LogP contribution in [-0.2, 0) is 4.74 Å². The van der Waals surface area contributed by atoms with Crippen LogP contribution in [0.25, 0.3) is 0 Å². The highest BCUT2D eigenvalue weighted by atomic mass is 127.